The second-order valence-electron chi connectivity index (χ2n) is 5.93. The van der Waals surface area contributed by atoms with Gasteiger partial charge in [-0.3, -0.25) is 4.79 Å². The molecule has 0 fully saturated rings. The standard InChI is InChI=1S/C17H19NO2/c1-17(2,3)12-6-9-15(19)14(10-12)16(20)11-4-7-13(18)8-5-11/h4-10,19H,18H2,1-3H3. The fourth-order valence-electron chi connectivity index (χ4n) is 1.97. The third-order valence-electron chi connectivity index (χ3n) is 3.28. The highest BCUT2D eigenvalue weighted by Crippen LogP contribution is 2.28. The SMILES string of the molecule is CC(C)(C)c1ccc(O)c(C(=O)c2ccc(N)cc2)c1. The lowest BCUT2D eigenvalue weighted by Crippen LogP contribution is -2.12. The van der Waals surface area contributed by atoms with Crippen LogP contribution in [0, 0.1) is 0 Å². The number of phenolic OH excluding ortho intramolecular Hbond substituents is 1. The highest BCUT2D eigenvalue weighted by atomic mass is 16.3. The summed E-state index contributed by atoms with van der Waals surface area (Å²) >= 11 is 0. The zero-order valence-electron chi connectivity index (χ0n) is 12.0. The number of ketones is 1. The van der Waals surface area contributed by atoms with Crippen molar-refractivity contribution in [2.75, 3.05) is 5.73 Å². The average Bonchev–Trinajstić information content (AvgIpc) is 2.38. The topological polar surface area (TPSA) is 63.3 Å². The molecule has 2 aromatic rings. The normalized spacial score (nSPS) is 11.3. The Morgan fingerprint density at radius 3 is 2.20 bits per heavy atom. The first-order valence-corrected chi connectivity index (χ1v) is 6.53. The first-order chi connectivity index (χ1) is 9.29. The van der Waals surface area contributed by atoms with E-state index in [-0.39, 0.29) is 16.9 Å². The lowest BCUT2D eigenvalue weighted by atomic mass is 9.85. The molecule has 2 rings (SSSR count). The average molecular weight is 269 g/mol. The molecule has 0 aromatic heterocycles. The van der Waals surface area contributed by atoms with Gasteiger partial charge in [-0.1, -0.05) is 26.8 Å². The second-order valence-corrected chi connectivity index (χ2v) is 5.93. The van der Waals surface area contributed by atoms with Gasteiger partial charge in [0.2, 0.25) is 0 Å². The van der Waals surface area contributed by atoms with Crippen molar-refractivity contribution in [2.45, 2.75) is 26.2 Å². The van der Waals surface area contributed by atoms with E-state index in [0.29, 0.717) is 16.8 Å². The van der Waals surface area contributed by atoms with Crippen LogP contribution in [0.4, 0.5) is 5.69 Å². The van der Waals surface area contributed by atoms with Gasteiger partial charge in [-0.05, 0) is 47.4 Å². The van der Waals surface area contributed by atoms with E-state index in [0.717, 1.165) is 5.56 Å². The molecule has 0 amide bonds. The number of phenols is 1. The molecule has 0 saturated heterocycles. The van der Waals surface area contributed by atoms with Gasteiger partial charge in [0, 0.05) is 11.3 Å². The lowest BCUT2D eigenvalue weighted by molar-refractivity contribution is 0.103. The summed E-state index contributed by atoms with van der Waals surface area (Å²) in [5, 5.41) is 9.94. The molecule has 0 aliphatic carbocycles. The Bertz CT molecular complexity index is 637. The highest BCUT2D eigenvalue weighted by Gasteiger charge is 2.19. The first-order valence-electron chi connectivity index (χ1n) is 6.53. The maximum absolute atomic E-state index is 12.5. The molecule has 3 heteroatoms. The number of carbonyl (C=O) groups is 1. The van der Waals surface area contributed by atoms with Gasteiger partial charge in [-0.2, -0.15) is 0 Å². The summed E-state index contributed by atoms with van der Waals surface area (Å²) in [4.78, 5) is 12.5. The molecule has 0 saturated carbocycles. The number of anilines is 1. The van der Waals surface area contributed by atoms with Gasteiger partial charge in [0.05, 0.1) is 5.56 Å². The number of benzene rings is 2. The van der Waals surface area contributed by atoms with E-state index in [1.54, 1.807) is 36.4 Å². The van der Waals surface area contributed by atoms with Crippen LogP contribution in [0.5, 0.6) is 5.75 Å². The quantitative estimate of drug-likeness (QED) is 0.648. The van der Waals surface area contributed by atoms with Crippen molar-refractivity contribution in [3.05, 3.63) is 59.2 Å². The Kier molecular flexibility index (Phi) is 3.53. The number of hydrogen-bond acceptors (Lipinski definition) is 3. The lowest BCUT2D eigenvalue weighted by Gasteiger charge is -2.20. The van der Waals surface area contributed by atoms with E-state index in [1.807, 2.05) is 6.07 Å². The molecule has 104 valence electrons. The fraction of sp³-hybridized carbons (Fsp3) is 0.235. The van der Waals surface area contributed by atoms with E-state index in [2.05, 4.69) is 20.8 Å². The Balaban J connectivity index is 2.46. The van der Waals surface area contributed by atoms with Gasteiger partial charge in [-0.25, -0.2) is 0 Å². The van der Waals surface area contributed by atoms with Crippen LogP contribution in [0.3, 0.4) is 0 Å². The predicted octanol–water partition coefficient (Wildman–Crippen LogP) is 3.50. The van der Waals surface area contributed by atoms with E-state index < -0.39 is 0 Å². The Labute approximate surface area is 119 Å². The summed E-state index contributed by atoms with van der Waals surface area (Å²) in [6.45, 7) is 6.20. The Hall–Kier alpha value is -2.29. The molecule has 3 nitrogen and oxygen atoms in total. The minimum atomic E-state index is -0.200. The van der Waals surface area contributed by atoms with Gasteiger partial charge in [0.15, 0.2) is 5.78 Å². The number of carbonyl (C=O) groups excluding carboxylic acids is 1. The molecule has 0 radical (unpaired) electrons. The van der Waals surface area contributed by atoms with Crippen molar-refractivity contribution >= 4 is 11.5 Å². The van der Waals surface area contributed by atoms with Crippen LogP contribution >= 0.6 is 0 Å². The van der Waals surface area contributed by atoms with Crippen molar-refractivity contribution in [3.8, 4) is 5.75 Å². The van der Waals surface area contributed by atoms with E-state index in [4.69, 9.17) is 5.73 Å². The molecular weight excluding hydrogens is 250 g/mol. The summed E-state index contributed by atoms with van der Waals surface area (Å²) < 4.78 is 0. The fourth-order valence-corrected chi connectivity index (χ4v) is 1.97. The van der Waals surface area contributed by atoms with Crippen molar-refractivity contribution < 1.29 is 9.90 Å². The van der Waals surface area contributed by atoms with Crippen molar-refractivity contribution in [1.29, 1.82) is 0 Å². The van der Waals surface area contributed by atoms with Crippen molar-refractivity contribution in [2.24, 2.45) is 0 Å². The Morgan fingerprint density at radius 2 is 1.65 bits per heavy atom. The molecule has 0 aliphatic heterocycles. The predicted molar refractivity (Wildman–Crippen MR) is 81.1 cm³/mol. The first kappa shape index (κ1) is 14.1. The van der Waals surface area contributed by atoms with Crippen molar-refractivity contribution in [1.82, 2.24) is 0 Å². The molecule has 0 aliphatic rings. The van der Waals surface area contributed by atoms with Gasteiger partial charge in [-0.15, -0.1) is 0 Å². The molecule has 0 spiro atoms. The number of hydrogen-bond donors (Lipinski definition) is 2. The number of nitrogens with two attached hydrogens (primary N) is 1. The van der Waals surface area contributed by atoms with Gasteiger partial charge >= 0.3 is 0 Å². The number of aromatic hydroxyl groups is 1. The van der Waals surface area contributed by atoms with E-state index in [1.165, 1.54) is 0 Å². The van der Waals surface area contributed by atoms with Gasteiger partial charge in [0.25, 0.3) is 0 Å². The molecule has 0 unspecified atom stereocenters. The zero-order chi connectivity index (χ0) is 14.9. The summed E-state index contributed by atoms with van der Waals surface area (Å²) in [6.07, 6.45) is 0. The third-order valence-corrected chi connectivity index (χ3v) is 3.28. The number of nitrogen functional groups attached to an aromatic ring is 1. The molecule has 0 heterocycles. The minimum Gasteiger partial charge on any atom is -0.507 e. The van der Waals surface area contributed by atoms with Crippen LogP contribution in [0.1, 0.15) is 42.3 Å². The summed E-state index contributed by atoms with van der Waals surface area (Å²) in [6, 6.07) is 11.9. The monoisotopic (exact) mass is 269 g/mol. The van der Waals surface area contributed by atoms with Crippen LogP contribution in [-0.4, -0.2) is 10.9 Å². The molecule has 0 bridgehead atoms. The Morgan fingerprint density at radius 1 is 1.05 bits per heavy atom. The van der Waals surface area contributed by atoms with E-state index >= 15 is 0 Å². The summed E-state index contributed by atoms with van der Waals surface area (Å²) in [5.41, 5.74) is 7.99. The molecule has 3 N–H and O–H groups in total. The van der Waals surface area contributed by atoms with Crippen LogP contribution < -0.4 is 5.73 Å². The molecule has 20 heavy (non-hydrogen) atoms. The summed E-state index contributed by atoms with van der Waals surface area (Å²) in [5.74, 6) is -0.201. The third kappa shape index (κ3) is 2.82. The highest BCUT2D eigenvalue weighted by molar-refractivity contribution is 6.10. The van der Waals surface area contributed by atoms with Crippen LogP contribution in [0.25, 0.3) is 0 Å². The molecular formula is C17H19NO2. The van der Waals surface area contributed by atoms with Crippen LogP contribution in [-0.2, 0) is 5.41 Å². The number of rotatable bonds is 2. The second kappa shape index (κ2) is 5.00. The zero-order valence-corrected chi connectivity index (χ0v) is 12.0. The smallest absolute Gasteiger partial charge is 0.196 e. The minimum absolute atomic E-state index is 0.000162. The molecule has 0 atom stereocenters. The summed E-state index contributed by atoms with van der Waals surface area (Å²) in [7, 11) is 0. The van der Waals surface area contributed by atoms with Crippen LogP contribution in [0.15, 0.2) is 42.5 Å². The van der Waals surface area contributed by atoms with Gasteiger partial charge in [0.1, 0.15) is 5.75 Å². The maximum atomic E-state index is 12.5. The maximum Gasteiger partial charge on any atom is 0.196 e. The van der Waals surface area contributed by atoms with Crippen molar-refractivity contribution in [3.63, 3.8) is 0 Å². The largest absolute Gasteiger partial charge is 0.507 e. The van der Waals surface area contributed by atoms with Crippen LogP contribution in [0.2, 0.25) is 0 Å². The molecule has 2 aromatic carbocycles. The van der Waals surface area contributed by atoms with Gasteiger partial charge < -0.3 is 10.8 Å². The van der Waals surface area contributed by atoms with E-state index in [9.17, 15) is 9.90 Å².